The molecule has 0 spiro atoms. The Bertz CT molecular complexity index is 1700. The molecule has 0 bridgehead atoms. The topological polar surface area (TPSA) is 82.9 Å². The summed E-state index contributed by atoms with van der Waals surface area (Å²) in [6.07, 6.45) is 13.9. The van der Waals surface area contributed by atoms with Crippen LogP contribution in [0.4, 0.5) is 0 Å². The maximum Gasteiger partial charge on any atom is 0.157 e. The highest BCUT2D eigenvalue weighted by Crippen LogP contribution is 2.35. The zero-order valence-corrected chi connectivity index (χ0v) is 23.0. The number of likely N-dealkylation sites (tertiary alicyclic amines) is 1. The van der Waals surface area contributed by atoms with Crippen molar-refractivity contribution in [1.82, 2.24) is 29.8 Å². The van der Waals surface area contributed by atoms with E-state index in [1.807, 2.05) is 43.1 Å². The molecular formula is C33H33N7. The first-order chi connectivity index (χ1) is 19.6. The Hall–Kier alpha value is -4.23. The van der Waals surface area contributed by atoms with Crippen molar-refractivity contribution in [3.63, 3.8) is 0 Å². The molecule has 1 saturated heterocycles. The lowest BCUT2D eigenvalue weighted by molar-refractivity contribution is 0.331. The standard InChI is InChI=1S/C33H33N7/c1-21-14-37-32(33-38-30-19-36-18-29(31(30)39-33)25-6-5-9-34-16-25)28-13-24(7-8-27(28)22(21)2)26-12-23(15-35-17-26)20-40-10-3-4-11-40/h5-9,12-13,15-19,21-22H,3-4,10-11,14,20H2,1-2H3,(H,38,39). The third kappa shape index (κ3) is 4.60. The molecule has 1 aromatic carbocycles. The number of fused-ring (bicyclic) bond motifs is 2. The normalized spacial score (nSPS) is 19.4. The summed E-state index contributed by atoms with van der Waals surface area (Å²) in [5.41, 5.74) is 10.6. The fourth-order valence-corrected chi connectivity index (χ4v) is 6.03. The van der Waals surface area contributed by atoms with E-state index in [1.54, 1.807) is 6.20 Å². The monoisotopic (exact) mass is 527 g/mol. The highest BCUT2D eigenvalue weighted by molar-refractivity contribution is 6.14. The molecule has 40 heavy (non-hydrogen) atoms. The van der Waals surface area contributed by atoms with Crippen LogP contribution in [0.25, 0.3) is 33.3 Å². The number of benzene rings is 1. The van der Waals surface area contributed by atoms with E-state index in [-0.39, 0.29) is 0 Å². The summed E-state index contributed by atoms with van der Waals surface area (Å²) in [5, 5.41) is 0. The van der Waals surface area contributed by atoms with Gasteiger partial charge in [0, 0.05) is 66.3 Å². The number of nitrogens with zero attached hydrogens (tertiary/aromatic N) is 6. The number of hydrogen-bond acceptors (Lipinski definition) is 6. The van der Waals surface area contributed by atoms with Crippen molar-refractivity contribution < 1.29 is 0 Å². The van der Waals surface area contributed by atoms with Gasteiger partial charge in [0.15, 0.2) is 5.82 Å². The van der Waals surface area contributed by atoms with Gasteiger partial charge >= 0.3 is 0 Å². The molecule has 0 radical (unpaired) electrons. The van der Waals surface area contributed by atoms with Gasteiger partial charge in [-0.25, -0.2) is 4.98 Å². The Balaban J connectivity index is 1.31. The quantitative estimate of drug-likeness (QED) is 0.291. The van der Waals surface area contributed by atoms with Gasteiger partial charge in [-0.15, -0.1) is 0 Å². The van der Waals surface area contributed by atoms with Crippen molar-refractivity contribution in [3.8, 4) is 22.3 Å². The summed E-state index contributed by atoms with van der Waals surface area (Å²) in [4.78, 5) is 29.7. The fourth-order valence-electron chi connectivity index (χ4n) is 6.03. The average Bonchev–Trinajstić information content (AvgIpc) is 3.65. The molecule has 0 saturated carbocycles. The summed E-state index contributed by atoms with van der Waals surface area (Å²) in [5.74, 6) is 1.57. The van der Waals surface area contributed by atoms with E-state index >= 15 is 0 Å². The number of aromatic nitrogens is 5. The Morgan fingerprint density at radius 2 is 1.70 bits per heavy atom. The number of hydrogen-bond donors (Lipinski definition) is 1. The Morgan fingerprint density at radius 1 is 0.850 bits per heavy atom. The van der Waals surface area contributed by atoms with Crippen LogP contribution in [-0.4, -0.2) is 55.2 Å². The fraction of sp³-hybridized carbons (Fsp3) is 0.303. The molecule has 0 aliphatic carbocycles. The number of aliphatic imine (C=N–C) groups is 1. The summed E-state index contributed by atoms with van der Waals surface area (Å²) >= 11 is 0. The molecule has 1 fully saturated rings. The Kier molecular flexibility index (Phi) is 6.44. The smallest absolute Gasteiger partial charge is 0.157 e. The van der Waals surface area contributed by atoms with Gasteiger partial charge in [0.05, 0.1) is 11.7 Å². The van der Waals surface area contributed by atoms with Crippen molar-refractivity contribution in [2.24, 2.45) is 10.9 Å². The van der Waals surface area contributed by atoms with Crippen molar-refractivity contribution in [1.29, 1.82) is 0 Å². The van der Waals surface area contributed by atoms with Gasteiger partial charge in [-0.3, -0.25) is 24.8 Å². The molecule has 7 rings (SSSR count). The third-order valence-corrected chi connectivity index (χ3v) is 8.51. The number of H-pyrrole nitrogens is 1. The van der Waals surface area contributed by atoms with E-state index < -0.39 is 0 Å². The largest absolute Gasteiger partial charge is 0.335 e. The predicted octanol–water partition coefficient (Wildman–Crippen LogP) is 6.27. The second-order valence-electron chi connectivity index (χ2n) is 11.2. The zero-order chi connectivity index (χ0) is 27.1. The van der Waals surface area contributed by atoms with Gasteiger partial charge in [0.25, 0.3) is 0 Å². The summed E-state index contributed by atoms with van der Waals surface area (Å²) in [6.45, 7) is 8.65. The van der Waals surface area contributed by atoms with E-state index in [1.165, 1.54) is 37.1 Å². The predicted molar refractivity (Wildman–Crippen MR) is 159 cm³/mol. The molecule has 4 aromatic heterocycles. The van der Waals surface area contributed by atoms with E-state index in [0.717, 1.165) is 63.5 Å². The number of pyridine rings is 3. The van der Waals surface area contributed by atoms with Crippen LogP contribution in [0.1, 0.15) is 55.1 Å². The maximum absolute atomic E-state index is 5.15. The number of aromatic amines is 1. The van der Waals surface area contributed by atoms with E-state index in [4.69, 9.17) is 9.98 Å². The Labute approximate surface area is 234 Å². The van der Waals surface area contributed by atoms with Gasteiger partial charge in [0.2, 0.25) is 0 Å². The lowest BCUT2D eigenvalue weighted by Gasteiger charge is -2.19. The minimum absolute atomic E-state index is 0.377. The lowest BCUT2D eigenvalue weighted by atomic mass is 9.85. The first kappa shape index (κ1) is 24.8. The van der Waals surface area contributed by atoms with Gasteiger partial charge in [-0.1, -0.05) is 32.0 Å². The zero-order valence-electron chi connectivity index (χ0n) is 23.0. The van der Waals surface area contributed by atoms with Crippen LogP contribution in [0.3, 0.4) is 0 Å². The van der Waals surface area contributed by atoms with Gasteiger partial charge in [-0.05, 0) is 72.7 Å². The van der Waals surface area contributed by atoms with Crippen molar-refractivity contribution in [3.05, 3.63) is 96.1 Å². The molecule has 5 aromatic rings. The number of imidazole rings is 1. The molecule has 0 amide bonds. The molecular weight excluding hydrogens is 494 g/mol. The first-order valence-electron chi connectivity index (χ1n) is 14.2. The lowest BCUT2D eigenvalue weighted by Crippen LogP contribution is -2.18. The molecule has 7 heteroatoms. The van der Waals surface area contributed by atoms with Crippen molar-refractivity contribution >= 4 is 16.7 Å². The van der Waals surface area contributed by atoms with Gasteiger partial charge < -0.3 is 4.98 Å². The molecule has 2 aliphatic rings. The molecule has 1 N–H and O–H groups in total. The van der Waals surface area contributed by atoms with Crippen LogP contribution in [-0.2, 0) is 6.54 Å². The van der Waals surface area contributed by atoms with Gasteiger partial charge in [-0.2, -0.15) is 0 Å². The second-order valence-corrected chi connectivity index (χ2v) is 11.2. The van der Waals surface area contributed by atoms with Crippen LogP contribution in [0.2, 0.25) is 0 Å². The van der Waals surface area contributed by atoms with Crippen LogP contribution in [0.15, 0.2) is 78.6 Å². The second kappa shape index (κ2) is 10.4. The highest BCUT2D eigenvalue weighted by Gasteiger charge is 2.26. The summed E-state index contributed by atoms with van der Waals surface area (Å²) in [6, 6.07) is 13.1. The molecule has 2 unspecified atom stereocenters. The molecule has 2 atom stereocenters. The van der Waals surface area contributed by atoms with Crippen molar-refractivity contribution in [2.45, 2.75) is 39.2 Å². The van der Waals surface area contributed by atoms with E-state index in [2.05, 4.69) is 62.9 Å². The van der Waals surface area contributed by atoms with Crippen LogP contribution < -0.4 is 0 Å². The number of rotatable bonds is 5. The van der Waals surface area contributed by atoms with Crippen LogP contribution >= 0.6 is 0 Å². The van der Waals surface area contributed by atoms with Gasteiger partial charge in [0.1, 0.15) is 11.2 Å². The molecule has 2 aliphatic heterocycles. The van der Waals surface area contributed by atoms with E-state index in [0.29, 0.717) is 11.8 Å². The summed E-state index contributed by atoms with van der Waals surface area (Å²) < 4.78 is 0. The maximum atomic E-state index is 5.15. The SMILES string of the molecule is CC1CN=C(c2nc3c(-c4cccnc4)cncc3[nH]2)c2cc(-c3cncc(CN4CCCC4)c3)ccc2C1C. The number of nitrogens with one attached hydrogen (secondary N) is 1. The molecule has 6 heterocycles. The van der Waals surface area contributed by atoms with Crippen LogP contribution in [0, 0.1) is 5.92 Å². The molecule has 200 valence electrons. The average molecular weight is 528 g/mol. The first-order valence-corrected chi connectivity index (χ1v) is 14.2. The highest BCUT2D eigenvalue weighted by atomic mass is 15.1. The van der Waals surface area contributed by atoms with E-state index in [9.17, 15) is 0 Å². The minimum atomic E-state index is 0.377. The molecule has 7 nitrogen and oxygen atoms in total. The third-order valence-electron chi connectivity index (χ3n) is 8.51. The Morgan fingerprint density at radius 3 is 2.55 bits per heavy atom. The van der Waals surface area contributed by atoms with Crippen LogP contribution in [0.5, 0.6) is 0 Å². The minimum Gasteiger partial charge on any atom is -0.335 e. The summed E-state index contributed by atoms with van der Waals surface area (Å²) in [7, 11) is 0. The van der Waals surface area contributed by atoms with Crippen molar-refractivity contribution in [2.75, 3.05) is 19.6 Å².